The number of fused-ring (bicyclic) bond motifs is 2. The van der Waals surface area contributed by atoms with Crippen molar-refractivity contribution in [1.29, 1.82) is 0 Å². The van der Waals surface area contributed by atoms with Crippen LogP contribution in [0.25, 0.3) is 5.57 Å². The van der Waals surface area contributed by atoms with Crippen LogP contribution in [0.3, 0.4) is 0 Å². The minimum Gasteiger partial charge on any atom is -0.511 e. The highest BCUT2D eigenvalue weighted by Gasteiger charge is 2.54. The number of Topliss-reactive ketones (excluding diaryl/α,β-unsaturated/α-hetero) is 1. The Morgan fingerprint density at radius 3 is 2.48 bits per heavy atom. The number of allylic oxidation sites excluding steroid dienone is 3. The van der Waals surface area contributed by atoms with Crippen LogP contribution in [-0.4, -0.2) is 17.1 Å². The predicted molar refractivity (Wildman–Crippen MR) is 116 cm³/mol. The summed E-state index contributed by atoms with van der Waals surface area (Å²) in [6, 6.07) is 5.58. The number of carbonyl (C=O) groups is 1. The maximum Gasteiger partial charge on any atom is 0.211 e. The third-order valence-electron chi connectivity index (χ3n) is 6.66. The van der Waals surface area contributed by atoms with Gasteiger partial charge in [0.25, 0.3) is 0 Å². The Balaban J connectivity index is 1.69. The number of benzene rings is 1. The number of ketones is 1. The molecule has 0 radical (unpaired) electrons. The predicted octanol–water partition coefficient (Wildman–Crippen LogP) is 5.83. The van der Waals surface area contributed by atoms with E-state index in [1.54, 1.807) is 0 Å². The number of carbonyl (C=O) groups excluding carboxylic acids is 1. The molecule has 4 nitrogen and oxygen atoms in total. The lowest BCUT2D eigenvalue weighted by atomic mass is 9.59. The third kappa shape index (κ3) is 3.55. The van der Waals surface area contributed by atoms with Crippen LogP contribution in [0.15, 0.2) is 53.0 Å². The lowest BCUT2D eigenvalue weighted by Crippen LogP contribution is -2.41. The zero-order valence-electron chi connectivity index (χ0n) is 16.7. The van der Waals surface area contributed by atoms with Crippen LogP contribution >= 0.6 is 11.6 Å². The van der Waals surface area contributed by atoms with Crippen molar-refractivity contribution in [3.8, 4) is 5.75 Å². The van der Waals surface area contributed by atoms with E-state index < -0.39 is 0 Å². The highest BCUT2D eigenvalue weighted by molar-refractivity contribution is 6.38. The number of hydrogen-bond acceptors (Lipinski definition) is 4. The molecule has 3 saturated carbocycles. The first kappa shape index (κ1) is 20.0. The van der Waals surface area contributed by atoms with Gasteiger partial charge in [0.1, 0.15) is 11.5 Å². The molecule has 4 aliphatic rings. The van der Waals surface area contributed by atoms with Crippen LogP contribution < -0.4 is 4.74 Å². The van der Waals surface area contributed by atoms with Crippen molar-refractivity contribution in [2.45, 2.75) is 39.0 Å². The second-order valence-corrected chi connectivity index (χ2v) is 8.71. The zero-order chi connectivity index (χ0) is 20.7. The molecule has 0 aromatic heterocycles. The van der Waals surface area contributed by atoms with Crippen molar-refractivity contribution >= 4 is 29.2 Å². The van der Waals surface area contributed by atoms with Crippen LogP contribution in [0.1, 0.15) is 43.7 Å². The summed E-state index contributed by atoms with van der Waals surface area (Å²) in [5, 5.41) is 11.4. The first-order valence-corrected chi connectivity index (χ1v) is 10.6. The number of aryl methyl sites for hydroxylation is 1. The quantitative estimate of drug-likeness (QED) is 0.473. The fourth-order valence-electron chi connectivity index (χ4n) is 5.41. The van der Waals surface area contributed by atoms with E-state index in [9.17, 15) is 9.90 Å². The molecule has 5 heteroatoms. The SMILES string of the molecule is C=C(Cl)/C=N\C(=C)Oc1ccc(CC)c(C2=C(O)C3C4CCC(CC4)C3C2=O)c1. The van der Waals surface area contributed by atoms with Gasteiger partial charge in [-0.15, -0.1) is 0 Å². The van der Waals surface area contributed by atoms with Gasteiger partial charge in [0.2, 0.25) is 5.88 Å². The standard InChI is InChI=1S/C24H26ClNO3/c1-4-15-9-10-18(29-14(3)26-12-13(2)25)11-19(15)22-23(27)20-16-5-6-17(8-7-16)21(20)24(22)28/h9-12,16-17,20-21,27H,2-8H2,1H3/b26-12-. The second kappa shape index (κ2) is 7.83. The average Bonchev–Trinajstić information content (AvgIpc) is 3.00. The van der Waals surface area contributed by atoms with E-state index in [0.29, 0.717) is 23.2 Å². The van der Waals surface area contributed by atoms with Gasteiger partial charge in [0.15, 0.2) is 5.78 Å². The first-order chi connectivity index (χ1) is 13.9. The summed E-state index contributed by atoms with van der Waals surface area (Å²) in [6.45, 7) is 9.35. The Hall–Kier alpha value is -2.33. The van der Waals surface area contributed by atoms with Gasteiger partial charge in [0.05, 0.1) is 10.6 Å². The normalized spacial score (nSPS) is 28.1. The van der Waals surface area contributed by atoms with Crippen molar-refractivity contribution in [1.82, 2.24) is 0 Å². The molecule has 0 aliphatic heterocycles. The molecular weight excluding hydrogens is 386 g/mol. The van der Waals surface area contributed by atoms with Crippen LogP contribution in [0.4, 0.5) is 0 Å². The summed E-state index contributed by atoms with van der Waals surface area (Å²) in [7, 11) is 0. The largest absolute Gasteiger partial charge is 0.511 e. The molecule has 1 aromatic carbocycles. The number of aliphatic hydroxyl groups excluding tert-OH is 1. The van der Waals surface area contributed by atoms with Crippen molar-refractivity contribution in [2.24, 2.45) is 28.7 Å². The molecule has 0 spiro atoms. The van der Waals surface area contributed by atoms with E-state index in [2.05, 4.69) is 18.2 Å². The monoisotopic (exact) mass is 411 g/mol. The van der Waals surface area contributed by atoms with Crippen LogP contribution in [0.5, 0.6) is 5.75 Å². The lowest BCUT2D eigenvalue weighted by Gasteiger charge is -2.44. The molecule has 1 N–H and O–H groups in total. The first-order valence-electron chi connectivity index (χ1n) is 10.3. The van der Waals surface area contributed by atoms with E-state index in [1.165, 1.54) is 6.21 Å². The van der Waals surface area contributed by atoms with Gasteiger partial charge in [0, 0.05) is 18.1 Å². The van der Waals surface area contributed by atoms with Crippen molar-refractivity contribution in [2.75, 3.05) is 0 Å². The maximum absolute atomic E-state index is 13.4. The smallest absolute Gasteiger partial charge is 0.211 e. The highest BCUT2D eigenvalue weighted by atomic mass is 35.5. The van der Waals surface area contributed by atoms with E-state index in [1.807, 2.05) is 25.1 Å². The van der Waals surface area contributed by atoms with Gasteiger partial charge in [-0.3, -0.25) is 4.79 Å². The number of aliphatic imine (C=N–C) groups is 1. The number of ether oxygens (including phenoxy) is 1. The van der Waals surface area contributed by atoms with Gasteiger partial charge in [-0.1, -0.05) is 31.2 Å². The summed E-state index contributed by atoms with van der Waals surface area (Å²) in [5.74, 6) is 1.85. The Morgan fingerprint density at radius 2 is 1.90 bits per heavy atom. The number of rotatable bonds is 6. The van der Waals surface area contributed by atoms with E-state index in [0.717, 1.165) is 43.2 Å². The van der Waals surface area contributed by atoms with Crippen LogP contribution in [0, 0.1) is 23.7 Å². The Morgan fingerprint density at radius 1 is 1.24 bits per heavy atom. The van der Waals surface area contributed by atoms with E-state index in [4.69, 9.17) is 16.3 Å². The molecule has 152 valence electrons. The Kier molecular flexibility index (Phi) is 5.39. The maximum atomic E-state index is 13.4. The van der Waals surface area contributed by atoms with Crippen LogP contribution in [0.2, 0.25) is 0 Å². The minimum atomic E-state index is -0.0546. The number of halogens is 1. The summed E-state index contributed by atoms with van der Waals surface area (Å²) >= 11 is 5.68. The second-order valence-electron chi connectivity index (χ2n) is 8.22. The zero-order valence-corrected chi connectivity index (χ0v) is 17.4. The molecule has 2 bridgehead atoms. The topological polar surface area (TPSA) is 58.9 Å². The molecule has 0 amide bonds. The number of aliphatic hydroxyl groups is 1. The van der Waals surface area contributed by atoms with Crippen molar-refractivity contribution < 1.29 is 14.6 Å². The third-order valence-corrected chi connectivity index (χ3v) is 6.75. The van der Waals surface area contributed by atoms with Crippen molar-refractivity contribution in [3.05, 3.63) is 59.2 Å². The minimum absolute atomic E-state index is 0.00595. The molecule has 0 heterocycles. The summed E-state index contributed by atoms with van der Waals surface area (Å²) in [6.07, 6.45) is 6.55. The highest BCUT2D eigenvalue weighted by Crippen LogP contribution is 2.57. The van der Waals surface area contributed by atoms with Gasteiger partial charge in [-0.05, 0) is 73.8 Å². The van der Waals surface area contributed by atoms with Gasteiger partial charge in [-0.25, -0.2) is 4.99 Å². The molecule has 1 aromatic rings. The molecule has 2 atom stereocenters. The molecule has 0 saturated heterocycles. The molecule has 5 rings (SSSR count). The van der Waals surface area contributed by atoms with Crippen molar-refractivity contribution in [3.63, 3.8) is 0 Å². The molecule has 4 aliphatic carbocycles. The Labute approximate surface area is 176 Å². The molecule has 29 heavy (non-hydrogen) atoms. The molecular formula is C24H26ClNO3. The summed E-state index contributed by atoms with van der Waals surface area (Å²) in [5.41, 5.74) is 2.27. The lowest BCUT2D eigenvalue weighted by molar-refractivity contribution is -0.123. The number of hydrogen-bond donors (Lipinski definition) is 1. The van der Waals surface area contributed by atoms with Gasteiger partial charge < -0.3 is 9.84 Å². The van der Waals surface area contributed by atoms with Gasteiger partial charge >= 0.3 is 0 Å². The number of nitrogens with zero attached hydrogens (tertiary/aromatic N) is 1. The summed E-state index contributed by atoms with van der Waals surface area (Å²) in [4.78, 5) is 17.4. The molecule has 2 unspecified atom stereocenters. The fraction of sp³-hybridized carbons (Fsp3) is 0.417. The van der Waals surface area contributed by atoms with Crippen LogP contribution in [-0.2, 0) is 11.2 Å². The molecule has 3 fully saturated rings. The summed E-state index contributed by atoms with van der Waals surface area (Å²) < 4.78 is 5.70. The fourth-order valence-corrected chi connectivity index (χ4v) is 5.46. The van der Waals surface area contributed by atoms with E-state index in [-0.39, 0.29) is 34.3 Å². The Bertz CT molecular complexity index is 937. The average molecular weight is 412 g/mol. The van der Waals surface area contributed by atoms with Gasteiger partial charge in [-0.2, -0.15) is 0 Å². The van der Waals surface area contributed by atoms with E-state index >= 15 is 0 Å².